The molecule has 0 aliphatic carbocycles. The summed E-state index contributed by atoms with van der Waals surface area (Å²) in [6.45, 7) is 2.10. The summed E-state index contributed by atoms with van der Waals surface area (Å²) in [6, 6.07) is 14.8. The highest BCUT2D eigenvalue weighted by Gasteiger charge is 2.01. The Morgan fingerprint density at radius 3 is 2.61 bits per heavy atom. The van der Waals surface area contributed by atoms with Crippen molar-refractivity contribution in [3.63, 3.8) is 0 Å². The van der Waals surface area contributed by atoms with E-state index in [1.165, 1.54) is 15.8 Å². The van der Waals surface area contributed by atoms with Gasteiger partial charge < -0.3 is 11.6 Å². The standard InChI is InChI=1S/C14H11NS.H3N.H2O/c1-10-4-6-12-11(9-10)5-7-13(15-12)14-3-2-8-16-14;;/h2-9H,1H3;1H3;1H2. The topological polar surface area (TPSA) is 79.4 Å². The molecule has 0 spiro atoms. The SMILES string of the molecule is Cc1ccc2nc(-c3cccs3)ccc2c1.N.O. The second-order valence-corrected chi connectivity index (χ2v) is 4.82. The van der Waals surface area contributed by atoms with Crippen LogP contribution in [0.25, 0.3) is 21.5 Å². The molecule has 3 aromatic rings. The fourth-order valence-corrected chi connectivity index (χ4v) is 2.50. The lowest BCUT2D eigenvalue weighted by Gasteiger charge is -2.01. The third-order valence-corrected chi connectivity index (χ3v) is 3.51. The molecule has 2 aromatic heterocycles. The van der Waals surface area contributed by atoms with Gasteiger partial charge in [0.15, 0.2) is 0 Å². The van der Waals surface area contributed by atoms with E-state index in [1.807, 2.05) is 0 Å². The predicted molar refractivity (Wildman–Crippen MR) is 78.4 cm³/mol. The van der Waals surface area contributed by atoms with Gasteiger partial charge in [-0.05, 0) is 36.6 Å². The molecule has 5 N–H and O–H groups in total. The molecule has 18 heavy (non-hydrogen) atoms. The molecule has 0 saturated heterocycles. The van der Waals surface area contributed by atoms with E-state index in [9.17, 15) is 0 Å². The van der Waals surface area contributed by atoms with Crippen molar-refractivity contribution >= 4 is 22.2 Å². The summed E-state index contributed by atoms with van der Waals surface area (Å²) < 4.78 is 0. The van der Waals surface area contributed by atoms with Crippen LogP contribution < -0.4 is 6.15 Å². The molecular weight excluding hydrogens is 244 g/mol. The molecule has 0 fully saturated rings. The number of benzene rings is 1. The fourth-order valence-electron chi connectivity index (χ4n) is 1.81. The molecular formula is C14H16N2OS. The van der Waals surface area contributed by atoms with E-state index in [-0.39, 0.29) is 11.6 Å². The van der Waals surface area contributed by atoms with Crippen LogP contribution >= 0.6 is 11.3 Å². The summed E-state index contributed by atoms with van der Waals surface area (Å²) in [5.74, 6) is 0. The minimum absolute atomic E-state index is 0. The van der Waals surface area contributed by atoms with Gasteiger partial charge in [0, 0.05) is 5.39 Å². The maximum atomic E-state index is 4.67. The molecule has 0 aliphatic rings. The summed E-state index contributed by atoms with van der Waals surface area (Å²) in [5, 5.41) is 3.29. The van der Waals surface area contributed by atoms with Crippen molar-refractivity contribution in [2.75, 3.05) is 0 Å². The van der Waals surface area contributed by atoms with Crippen molar-refractivity contribution in [3.8, 4) is 10.6 Å². The quantitative estimate of drug-likeness (QED) is 0.725. The van der Waals surface area contributed by atoms with E-state index in [1.54, 1.807) is 11.3 Å². The Hall–Kier alpha value is -1.75. The Morgan fingerprint density at radius 1 is 1.06 bits per heavy atom. The lowest BCUT2D eigenvalue weighted by Crippen LogP contribution is -1.83. The number of fused-ring (bicyclic) bond motifs is 1. The number of nitrogens with zero attached hydrogens (tertiary/aromatic N) is 1. The Morgan fingerprint density at radius 2 is 1.89 bits per heavy atom. The summed E-state index contributed by atoms with van der Waals surface area (Å²) in [7, 11) is 0. The van der Waals surface area contributed by atoms with Gasteiger partial charge >= 0.3 is 0 Å². The second-order valence-electron chi connectivity index (χ2n) is 3.87. The lowest BCUT2D eigenvalue weighted by atomic mass is 10.1. The first-order valence-electron chi connectivity index (χ1n) is 5.24. The van der Waals surface area contributed by atoms with E-state index in [0.29, 0.717) is 0 Å². The third-order valence-electron chi connectivity index (χ3n) is 2.62. The summed E-state index contributed by atoms with van der Waals surface area (Å²) in [5.41, 5.74) is 3.40. The van der Waals surface area contributed by atoms with Crippen LogP contribution in [0.15, 0.2) is 47.8 Å². The van der Waals surface area contributed by atoms with Crippen LogP contribution in [0, 0.1) is 6.92 Å². The minimum Gasteiger partial charge on any atom is -0.412 e. The summed E-state index contributed by atoms with van der Waals surface area (Å²) in [4.78, 5) is 5.89. The monoisotopic (exact) mass is 260 g/mol. The van der Waals surface area contributed by atoms with Crippen LogP contribution in [0.2, 0.25) is 0 Å². The number of thiophene rings is 1. The first kappa shape index (κ1) is 14.3. The van der Waals surface area contributed by atoms with Crippen molar-refractivity contribution < 1.29 is 5.48 Å². The van der Waals surface area contributed by atoms with Gasteiger partial charge in [-0.2, -0.15) is 0 Å². The molecule has 2 heterocycles. The number of rotatable bonds is 1. The molecule has 0 unspecified atom stereocenters. The molecule has 0 aliphatic heterocycles. The molecule has 0 bridgehead atoms. The highest BCUT2D eigenvalue weighted by molar-refractivity contribution is 7.13. The van der Waals surface area contributed by atoms with Crippen molar-refractivity contribution in [3.05, 3.63) is 53.4 Å². The molecule has 0 saturated carbocycles. The number of pyridine rings is 1. The molecule has 0 amide bonds. The molecule has 1 aromatic carbocycles. The summed E-state index contributed by atoms with van der Waals surface area (Å²) in [6.07, 6.45) is 0. The highest BCUT2D eigenvalue weighted by atomic mass is 32.1. The van der Waals surface area contributed by atoms with Gasteiger partial charge in [0.05, 0.1) is 16.1 Å². The number of hydrogen-bond donors (Lipinski definition) is 1. The van der Waals surface area contributed by atoms with E-state index in [4.69, 9.17) is 0 Å². The first-order chi connectivity index (χ1) is 7.83. The Labute approximate surface area is 110 Å². The van der Waals surface area contributed by atoms with Crippen molar-refractivity contribution in [2.24, 2.45) is 0 Å². The van der Waals surface area contributed by atoms with Crippen LogP contribution in [0.1, 0.15) is 5.56 Å². The van der Waals surface area contributed by atoms with E-state index in [2.05, 4.69) is 59.8 Å². The van der Waals surface area contributed by atoms with Gasteiger partial charge in [-0.1, -0.05) is 23.8 Å². The third kappa shape index (κ3) is 2.56. The van der Waals surface area contributed by atoms with Crippen molar-refractivity contribution in [1.29, 1.82) is 0 Å². The van der Waals surface area contributed by atoms with Crippen LogP contribution in [-0.2, 0) is 0 Å². The number of hydrogen-bond acceptors (Lipinski definition) is 3. The lowest BCUT2D eigenvalue weighted by molar-refractivity contribution is 0.824. The first-order valence-corrected chi connectivity index (χ1v) is 6.12. The normalized spacial score (nSPS) is 9.61. The van der Waals surface area contributed by atoms with Gasteiger partial charge in [0.1, 0.15) is 0 Å². The van der Waals surface area contributed by atoms with Gasteiger partial charge in [0.25, 0.3) is 0 Å². The number of aryl methyl sites for hydroxylation is 1. The van der Waals surface area contributed by atoms with E-state index in [0.717, 1.165) is 11.2 Å². The molecule has 94 valence electrons. The fraction of sp³-hybridized carbons (Fsp3) is 0.0714. The molecule has 0 radical (unpaired) electrons. The number of aromatic nitrogens is 1. The Balaban J connectivity index is 0.000000810. The van der Waals surface area contributed by atoms with Crippen LogP contribution in [0.4, 0.5) is 0 Å². The van der Waals surface area contributed by atoms with Crippen LogP contribution in [0.5, 0.6) is 0 Å². The van der Waals surface area contributed by atoms with Gasteiger partial charge in [0.2, 0.25) is 0 Å². The van der Waals surface area contributed by atoms with Crippen LogP contribution in [-0.4, -0.2) is 10.5 Å². The zero-order valence-corrected chi connectivity index (χ0v) is 11.0. The average Bonchev–Trinajstić information content (AvgIpc) is 2.82. The predicted octanol–water partition coefficient (Wildman–Crippen LogP) is 3.61. The smallest absolute Gasteiger partial charge is 0.0809 e. The van der Waals surface area contributed by atoms with Crippen LogP contribution in [0.3, 0.4) is 0 Å². The Kier molecular flexibility index (Phi) is 4.55. The van der Waals surface area contributed by atoms with Gasteiger partial charge in [-0.3, -0.25) is 0 Å². The van der Waals surface area contributed by atoms with Crippen molar-refractivity contribution in [1.82, 2.24) is 11.1 Å². The molecule has 4 heteroatoms. The average molecular weight is 260 g/mol. The molecule has 0 atom stereocenters. The maximum absolute atomic E-state index is 4.67. The van der Waals surface area contributed by atoms with Crippen molar-refractivity contribution in [2.45, 2.75) is 6.92 Å². The van der Waals surface area contributed by atoms with Gasteiger partial charge in [-0.15, -0.1) is 11.3 Å². The molecule has 3 rings (SSSR count). The summed E-state index contributed by atoms with van der Waals surface area (Å²) >= 11 is 1.73. The zero-order valence-electron chi connectivity index (χ0n) is 10.2. The minimum atomic E-state index is 0. The maximum Gasteiger partial charge on any atom is 0.0809 e. The molecule has 3 nitrogen and oxygen atoms in total. The van der Waals surface area contributed by atoms with Gasteiger partial charge in [-0.25, -0.2) is 4.98 Å². The van der Waals surface area contributed by atoms with E-state index >= 15 is 0 Å². The largest absolute Gasteiger partial charge is 0.412 e. The zero-order chi connectivity index (χ0) is 11.0. The highest BCUT2D eigenvalue weighted by Crippen LogP contribution is 2.25. The second kappa shape index (κ2) is 5.73. The Bertz CT molecular complexity index is 635. The van der Waals surface area contributed by atoms with E-state index < -0.39 is 0 Å².